The lowest BCUT2D eigenvalue weighted by Gasteiger charge is -2.20. The minimum absolute atomic E-state index is 0. The van der Waals surface area contributed by atoms with Gasteiger partial charge in [0.1, 0.15) is 0 Å². The van der Waals surface area contributed by atoms with E-state index in [1.807, 2.05) is 30.3 Å². The summed E-state index contributed by atoms with van der Waals surface area (Å²) in [7, 11) is 0. The lowest BCUT2D eigenvalue weighted by molar-refractivity contribution is 0.143. The van der Waals surface area contributed by atoms with Gasteiger partial charge in [-0.3, -0.25) is 0 Å². The fraction of sp³-hybridized carbons (Fsp3) is 0.200. The van der Waals surface area contributed by atoms with Gasteiger partial charge < -0.3 is 21.1 Å². The summed E-state index contributed by atoms with van der Waals surface area (Å²) in [5.74, 6) is -0.512. The van der Waals surface area contributed by atoms with Crippen LogP contribution in [0.4, 0.5) is 0 Å². The van der Waals surface area contributed by atoms with Crippen LogP contribution in [0.3, 0.4) is 0 Å². The number of aliphatic hydroxyl groups excluding tert-OH is 1. The number of benzene rings is 2. The van der Waals surface area contributed by atoms with Crippen molar-refractivity contribution >= 4 is 12.4 Å². The van der Waals surface area contributed by atoms with E-state index in [4.69, 9.17) is 5.73 Å². The third kappa shape index (κ3) is 3.63. The van der Waals surface area contributed by atoms with Crippen LogP contribution in [-0.2, 0) is 6.42 Å². The number of nitrogens with two attached hydrogens (primary N) is 1. The van der Waals surface area contributed by atoms with Gasteiger partial charge in [0.2, 0.25) is 0 Å². The summed E-state index contributed by atoms with van der Waals surface area (Å²) in [6, 6.07) is 13.3. The first-order chi connectivity index (χ1) is 9.09. The summed E-state index contributed by atoms with van der Waals surface area (Å²) < 4.78 is 0. The monoisotopic (exact) mass is 295 g/mol. The number of para-hydroxylation sites is 1. The highest BCUT2D eigenvalue weighted by Crippen LogP contribution is 2.33. The Morgan fingerprint density at radius 1 is 0.950 bits per heavy atom. The summed E-state index contributed by atoms with van der Waals surface area (Å²) in [5, 5.41) is 29.3. The quantitative estimate of drug-likeness (QED) is 0.651. The summed E-state index contributed by atoms with van der Waals surface area (Å²) >= 11 is 0. The van der Waals surface area contributed by atoms with Gasteiger partial charge in [0.05, 0.1) is 12.1 Å². The Balaban J connectivity index is 0.00000200. The van der Waals surface area contributed by atoms with Crippen LogP contribution in [0.5, 0.6) is 11.5 Å². The van der Waals surface area contributed by atoms with Gasteiger partial charge >= 0.3 is 0 Å². The zero-order valence-corrected chi connectivity index (χ0v) is 11.6. The molecule has 108 valence electrons. The minimum atomic E-state index is -0.838. The fourth-order valence-corrected chi connectivity index (χ4v) is 2.01. The molecule has 4 nitrogen and oxygen atoms in total. The maximum atomic E-state index is 10.1. The predicted octanol–water partition coefficient (Wildman–Crippen LogP) is 2.12. The Kier molecular flexibility index (Phi) is 5.82. The van der Waals surface area contributed by atoms with E-state index in [0.717, 1.165) is 5.56 Å². The van der Waals surface area contributed by atoms with Gasteiger partial charge in [0, 0.05) is 12.0 Å². The van der Waals surface area contributed by atoms with Gasteiger partial charge in [-0.2, -0.15) is 0 Å². The number of hydrogen-bond acceptors (Lipinski definition) is 4. The molecule has 0 heterocycles. The van der Waals surface area contributed by atoms with Crippen molar-refractivity contribution in [2.75, 3.05) is 0 Å². The first-order valence-corrected chi connectivity index (χ1v) is 6.08. The number of rotatable bonds is 4. The molecular weight excluding hydrogens is 278 g/mol. The predicted molar refractivity (Wildman–Crippen MR) is 80.1 cm³/mol. The summed E-state index contributed by atoms with van der Waals surface area (Å²) in [6.07, 6.45) is -0.452. The molecule has 5 heteroatoms. The minimum Gasteiger partial charge on any atom is -0.504 e. The van der Waals surface area contributed by atoms with Crippen molar-refractivity contribution < 1.29 is 15.3 Å². The standard InChI is InChI=1S/C15H17NO3.ClH/c16-14(11-7-4-8-12(17)15(11)19)13(18)9-10-5-2-1-3-6-10;/h1-8,13-14,17-19H,9,16H2;1H/t13-,14+;/m1./s1. The lowest BCUT2D eigenvalue weighted by Crippen LogP contribution is -2.28. The first kappa shape index (κ1) is 16.3. The normalized spacial score (nSPS) is 13.3. The second-order valence-corrected chi connectivity index (χ2v) is 4.50. The SMILES string of the molecule is Cl.N[C@@H](c1cccc(O)c1O)[C@H](O)Cc1ccccc1. The van der Waals surface area contributed by atoms with Crippen LogP contribution in [0.2, 0.25) is 0 Å². The number of halogens is 1. The highest BCUT2D eigenvalue weighted by atomic mass is 35.5. The van der Waals surface area contributed by atoms with Crippen LogP contribution in [0.25, 0.3) is 0 Å². The third-order valence-corrected chi connectivity index (χ3v) is 3.11. The number of aliphatic hydroxyl groups is 1. The highest BCUT2D eigenvalue weighted by Gasteiger charge is 2.21. The number of aromatic hydroxyl groups is 2. The first-order valence-electron chi connectivity index (χ1n) is 6.08. The molecule has 5 N–H and O–H groups in total. The van der Waals surface area contributed by atoms with Gasteiger partial charge in [-0.15, -0.1) is 12.4 Å². The lowest BCUT2D eigenvalue weighted by atomic mass is 9.96. The van der Waals surface area contributed by atoms with E-state index < -0.39 is 12.1 Å². The molecule has 0 radical (unpaired) electrons. The molecule has 0 bridgehead atoms. The molecule has 0 saturated carbocycles. The summed E-state index contributed by atoms with van der Waals surface area (Å²) in [5.41, 5.74) is 7.23. The second-order valence-electron chi connectivity index (χ2n) is 4.50. The van der Waals surface area contributed by atoms with Crippen LogP contribution < -0.4 is 5.73 Å². The van der Waals surface area contributed by atoms with Crippen molar-refractivity contribution in [1.29, 1.82) is 0 Å². The molecule has 0 aliphatic carbocycles. The molecule has 0 amide bonds. The Labute approximate surface area is 123 Å². The molecule has 0 aliphatic heterocycles. The molecule has 0 aliphatic rings. The van der Waals surface area contributed by atoms with Crippen molar-refractivity contribution in [3.05, 3.63) is 59.7 Å². The molecule has 0 unspecified atom stereocenters. The smallest absolute Gasteiger partial charge is 0.162 e. The fourth-order valence-electron chi connectivity index (χ4n) is 2.01. The number of phenols is 2. The Bertz CT molecular complexity index is 548. The molecule has 20 heavy (non-hydrogen) atoms. The van der Waals surface area contributed by atoms with Crippen molar-refractivity contribution in [3.63, 3.8) is 0 Å². The molecule has 2 rings (SSSR count). The number of phenolic OH excluding ortho intramolecular Hbond substituents is 2. The molecule has 2 aromatic rings. The van der Waals surface area contributed by atoms with E-state index in [0.29, 0.717) is 12.0 Å². The maximum Gasteiger partial charge on any atom is 0.162 e. The van der Waals surface area contributed by atoms with Gasteiger partial charge in [0.25, 0.3) is 0 Å². The van der Waals surface area contributed by atoms with Gasteiger partial charge in [-0.25, -0.2) is 0 Å². The average Bonchev–Trinajstić information content (AvgIpc) is 2.42. The molecule has 2 atom stereocenters. The van der Waals surface area contributed by atoms with Crippen molar-refractivity contribution in [3.8, 4) is 11.5 Å². The molecule has 0 aromatic heterocycles. The van der Waals surface area contributed by atoms with Crippen molar-refractivity contribution in [2.24, 2.45) is 5.73 Å². The van der Waals surface area contributed by atoms with Crippen molar-refractivity contribution in [2.45, 2.75) is 18.6 Å². The topological polar surface area (TPSA) is 86.7 Å². The second kappa shape index (κ2) is 7.14. The zero-order valence-electron chi connectivity index (χ0n) is 10.8. The average molecular weight is 296 g/mol. The summed E-state index contributed by atoms with van der Waals surface area (Å²) in [6.45, 7) is 0. The van der Waals surface area contributed by atoms with E-state index in [9.17, 15) is 15.3 Å². The van der Waals surface area contributed by atoms with Crippen LogP contribution in [0, 0.1) is 0 Å². The van der Waals surface area contributed by atoms with Gasteiger partial charge in [-0.1, -0.05) is 42.5 Å². The largest absolute Gasteiger partial charge is 0.504 e. The molecule has 0 fully saturated rings. The van der Waals surface area contributed by atoms with Gasteiger partial charge in [0.15, 0.2) is 11.5 Å². The maximum absolute atomic E-state index is 10.1. The van der Waals surface area contributed by atoms with E-state index in [1.54, 1.807) is 12.1 Å². The van der Waals surface area contributed by atoms with E-state index in [1.165, 1.54) is 6.07 Å². The molecule has 0 spiro atoms. The third-order valence-electron chi connectivity index (χ3n) is 3.11. The van der Waals surface area contributed by atoms with Crippen LogP contribution in [0.15, 0.2) is 48.5 Å². The van der Waals surface area contributed by atoms with Crippen molar-refractivity contribution in [1.82, 2.24) is 0 Å². The van der Waals surface area contributed by atoms with Gasteiger partial charge in [-0.05, 0) is 11.6 Å². The zero-order chi connectivity index (χ0) is 13.8. The Morgan fingerprint density at radius 2 is 1.60 bits per heavy atom. The van der Waals surface area contributed by atoms with E-state index in [-0.39, 0.29) is 23.9 Å². The van der Waals surface area contributed by atoms with Crippen LogP contribution in [0.1, 0.15) is 17.2 Å². The number of hydrogen-bond donors (Lipinski definition) is 4. The molecule has 2 aromatic carbocycles. The van der Waals surface area contributed by atoms with E-state index >= 15 is 0 Å². The molecular formula is C15H18ClNO3. The van der Waals surface area contributed by atoms with Crippen LogP contribution >= 0.6 is 12.4 Å². The Hall–Kier alpha value is -1.75. The van der Waals surface area contributed by atoms with Crippen LogP contribution in [-0.4, -0.2) is 21.4 Å². The summed E-state index contributed by atoms with van der Waals surface area (Å²) in [4.78, 5) is 0. The van der Waals surface area contributed by atoms with E-state index in [2.05, 4.69) is 0 Å². The highest BCUT2D eigenvalue weighted by molar-refractivity contribution is 5.85. The molecule has 0 saturated heterocycles. The Morgan fingerprint density at radius 3 is 2.25 bits per heavy atom.